The van der Waals surface area contributed by atoms with Crippen molar-refractivity contribution in [3.05, 3.63) is 66.8 Å². The summed E-state index contributed by atoms with van der Waals surface area (Å²) in [6.07, 6.45) is 5.04. The van der Waals surface area contributed by atoms with E-state index in [-0.39, 0.29) is 5.91 Å². The van der Waals surface area contributed by atoms with Crippen LogP contribution in [-0.2, 0) is 0 Å². The summed E-state index contributed by atoms with van der Waals surface area (Å²) in [4.78, 5) is 18.9. The molecule has 0 spiro atoms. The molecule has 0 saturated carbocycles. The lowest BCUT2D eigenvalue weighted by atomic mass is 10.1. The molecule has 142 valence electrons. The molecule has 0 aliphatic rings. The molecule has 4 rings (SSSR count). The molecule has 0 aliphatic heterocycles. The molecule has 0 saturated heterocycles. The Morgan fingerprint density at radius 3 is 2.86 bits per heavy atom. The molecular formula is C21H21N5O2. The molecule has 3 heterocycles. The molecule has 0 atom stereocenters. The number of hydrogen-bond acceptors (Lipinski definition) is 5. The Morgan fingerprint density at radius 1 is 1.18 bits per heavy atom. The van der Waals surface area contributed by atoms with Gasteiger partial charge in [-0.3, -0.25) is 4.79 Å². The summed E-state index contributed by atoms with van der Waals surface area (Å²) in [6, 6.07) is 13.2. The van der Waals surface area contributed by atoms with Crippen molar-refractivity contribution in [3.8, 4) is 22.5 Å². The lowest BCUT2D eigenvalue weighted by molar-refractivity contribution is 0.0951. The van der Waals surface area contributed by atoms with E-state index >= 15 is 0 Å². The Kier molecular flexibility index (Phi) is 4.90. The second-order valence-corrected chi connectivity index (χ2v) is 6.78. The van der Waals surface area contributed by atoms with E-state index in [2.05, 4.69) is 15.4 Å². The summed E-state index contributed by atoms with van der Waals surface area (Å²) in [7, 11) is 3.95. The van der Waals surface area contributed by atoms with Crippen molar-refractivity contribution in [1.82, 2.24) is 24.8 Å². The number of nitrogens with zero attached hydrogens (tertiary/aromatic N) is 4. The van der Waals surface area contributed by atoms with Crippen LogP contribution in [0.1, 0.15) is 10.4 Å². The van der Waals surface area contributed by atoms with Gasteiger partial charge in [0.15, 0.2) is 5.65 Å². The summed E-state index contributed by atoms with van der Waals surface area (Å²) in [5.74, 6) is -0.0930. The molecule has 3 aromatic heterocycles. The Labute approximate surface area is 162 Å². The first-order chi connectivity index (χ1) is 13.6. The third-order valence-corrected chi connectivity index (χ3v) is 4.44. The van der Waals surface area contributed by atoms with Crippen LogP contribution in [-0.4, -0.2) is 52.6 Å². The molecule has 0 radical (unpaired) electrons. The third-order valence-electron chi connectivity index (χ3n) is 4.44. The molecule has 0 fully saturated rings. The first-order valence-corrected chi connectivity index (χ1v) is 9.02. The van der Waals surface area contributed by atoms with Gasteiger partial charge in [0.2, 0.25) is 0 Å². The largest absolute Gasteiger partial charge is 0.472 e. The zero-order valence-electron chi connectivity index (χ0n) is 15.8. The predicted molar refractivity (Wildman–Crippen MR) is 107 cm³/mol. The Bertz CT molecular complexity index is 1100. The van der Waals surface area contributed by atoms with E-state index in [0.717, 1.165) is 34.7 Å². The summed E-state index contributed by atoms with van der Waals surface area (Å²) in [6.45, 7) is 1.39. The summed E-state index contributed by atoms with van der Waals surface area (Å²) >= 11 is 0. The van der Waals surface area contributed by atoms with Crippen molar-refractivity contribution in [2.45, 2.75) is 0 Å². The second-order valence-electron chi connectivity index (χ2n) is 6.78. The minimum Gasteiger partial charge on any atom is -0.472 e. The SMILES string of the molecule is CN(C)CCNC(=O)c1cccc(-c2cnc3ccc(-c4ccoc4)nn23)c1. The highest BCUT2D eigenvalue weighted by atomic mass is 16.3. The van der Waals surface area contributed by atoms with E-state index in [9.17, 15) is 4.79 Å². The topological polar surface area (TPSA) is 75.7 Å². The fourth-order valence-electron chi connectivity index (χ4n) is 2.95. The van der Waals surface area contributed by atoms with Crippen LogP contribution in [0.25, 0.3) is 28.2 Å². The number of benzene rings is 1. The molecule has 0 unspecified atom stereocenters. The number of rotatable bonds is 6. The van der Waals surface area contributed by atoms with E-state index in [1.807, 2.05) is 61.5 Å². The maximum absolute atomic E-state index is 12.4. The molecule has 0 aliphatic carbocycles. The molecule has 4 aromatic rings. The van der Waals surface area contributed by atoms with Crippen molar-refractivity contribution < 1.29 is 9.21 Å². The molecule has 1 amide bonds. The van der Waals surface area contributed by atoms with E-state index in [4.69, 9.17) is 4.42 Å². The molecule has 1 N–H and O–H groups in total. The lowest BCUT2D eigenvalue weighted by Crippen LogP contribution is -2.31. The van der Waals surface area contributed by atoms with Crippen LogP contribution in [0.5, 0.6) is 0 Å². The summed E-state index contributed by atoms with van der Waals surface area (Å²) in [5, 5.41) is 7.62. The number of carbonyl (C=O) groups excluding carboxylic acids is 1. The van der Waals surface area contributed by atoms with Gasteiger partial charge in [0.1, 0.15) is 0 Å². The molecular weight excluding hydrogens is 354 g/mol. The quantitative estimate of drug-likeness (QED) is 0.561. The van der Waals surface area contributed by atoms with Crippen LogP contribution < -0.4 is 5.32 Å². The van der Waals surface area contributed by atoms with E-state index in [1.165, 1.54) is 0 Å². The van der Waals surface area contributed by atoms with E-state index in [1.54, 1.807) is 23.2 Å². The highest BCUT2D eigenvalue weighted by Crippen LogP contribution is 2.24. The average Bonchev–Trinajstić information content (AvgIpc) is 3.37. The summed E-state index contributed by atoms with van der Waals surface area (Å²) < 4.78 is 6.94. The number of aromatic nitrogens is 3. The third kappa shape index (κ3) is 3.65. The van der Waals surface area contributed by atoms with Gasteiger partial charge in [-0.1, -0.05) is 12.1 Å². The van der Waals surface area contributed by atoms with Crippen LogP contribution in [0, 0.1) is 0 Å². The molecule has 1 aromatic carbocycles. The standard InChI is InChI=1S/C21H21N5O2/c1-25(2)10-9-22-21(27)16-5-3-4-15(12-16)19-13-23-20-7-6-18(24-26(19)20)17-8-11-28-14-17/h3-8,11-14H,9-10H2,1-2H3,(H,22,27). The minimum absolute atomic E-state index is 0.0930. The van der Waals surface area contributed by atoms with Gasteiger partial charge in [-0.15, -0.1) is 0 Å². The number of imidazole rings is 1. The first-order valence-electron chi connectivity index (χ1n) is 9.02. The van der Waals surface area contributed by atoms with E-state index < -0.39 is 0 Å². The number of nitrogens with one attached hydrogen (secondary N) is 1. The Balaban J connectivity index is 1.65. The van der Waals surface area contributed by atoms with Crippen LogP contribution in [0.4, 0.5) is 0 Å². The van der Waals surface area contributed by atoms with Gasteiger partial charge in [-0.2, -0.15) is 5.10 Å². The molecule has 0 bridgehead atoms. The fraction of sp³-hybridized carbons (Fsp3) is 0.190. The van der Waals surface area contributed by atoms with Crippen LogP contribution in [0.2, 0.25) is 0 Å². The van der Waals surface area contributed by atoms with Gasteiger partial charge in [0.05, 0.1) is 30.1 Å². The zero-order chi connectivity index (χ0) is 19.5. The van der Waals surface area contributed by atoms with Crippen LogP contribution >= 0.6 is 0 Å². The van der Waals surface area contributed by atoms with Gasteiger partial charge in [-0.05, 0) is 44.4 Å². The highest BCUT2D eigenvalue weighted by Gasteiger charge is 2.12. The second kappa shape index (κ2) is 7.66. The molecule has 7 heteroatoms. The zero-order valence-corrected chi connectivity index (χ0v) is 15.8. The number of hydrogen-bond donors (Lipinski definition) is 1. The minimum atomic E-state index is -0.0930. The van der Waals surface area contributed by atoms with Gasteiger partial charge in [0, 0.05) is 29.8 Å². The maximum Gasteiger partial charge on any atom is 0.251 e. The first kappa shape index (κ1) is 17.9. The normalized spacial score (nSPS) is 11.2. The fourth-order valence-corrected chi connectivity index (χ4v) is 2.95. The van der Waals surface area contributed by atoms with Gasteiger partial charge in [-0.25, -0.2) is 9.50 Å². The number of fused-ring (bicyclic) bond motifs is 1. The summed E-state index contributed by atoms with van der Waals surface area (Å²) in [5.41, 5.74) is 4.74. The van der Waals surface area contributed by atoms with Crippen LogP contribution in [0.15, 0.2) is 65.6 Å². The Morgan fingerprint density at radius 2 is 2.07 bits per heavy atom. The maximum atomic E-state index is 12.4. The van der Waals surface area contributed by atoms with Gasteiger partial charge < -0.3 is 14.6 Å². The average molecular weight is 375 g/mol. The van der Waals surface area contributed by atoms with E-state index in [0.29, 0.717) is 12.1 Å². The van der Waals surface area contributed by atoms with Crippen molar-refractivity contribution in [3.63, 3.8) is 0 Å². The number of furan rings is 1. The number of likely N-dealkylation sites (N-methyl/N-ethyl adjacent to an activating group) is 1. The molecule has 28 heavy (non-hydrogen) atoms. The smallest absolute Gasteiger partial charge is 0.251 e. The number of amides is 1. The molecule has 7 nitrogen and oxygen atoms in total. The number of carbonyl (C=O) groups is 1. The Hall–Kier alpha value is -3.45. The van der Waals surface area contributed by atoms with Gasteiger partial charge in [0.25, 0.3) is 5.91 Å². The highest BCUT2D eigenvalue weighted by molar-refractivity contribution is 5.95. The van der Waals surface area contributed by atoms with Crippen molar-refractivity contribution in [2.24, 2.45) is 0 Å². The van der Waals surface area contributed by atoms with Crippen LogP contribution in [0.3, 0.4) is 0 Å². The van der Waals surface area contributed by atoms with Gasteiger partial charge >= 0.3 is 0 Å². The lowest BCUT2D eigenvalue weighted by Gasteiger charge is -2.11. The van der Waals surface area contributed by atoms with Crippen molar-refractivity contribution in [1.29, 1.82) is 0 Å². The monoisotopic (exact) mass is 375 g/mol. The van der Waals surface area contributed by atoms with Crippen molar-refractivity contribution >= 4 is 11.6 Å². The van der Waals surface area contributed by atoms with Crippen molar-refractivity contribution in [2.75, 3.05) is 27.2 Å². The predicted octanol–water partition coefficient (Wildman–Crippen LogP) is 2.95.